The summed E-state index contributed by atoms with van der Waals surface area (Å²) < 4.78 is 6.62. The molecule has 0 aliphatic carbocycles. The van der Waals surface area contributed by atoms with Crippen molar-refractivity contribution in [3.63, 3.8) is 0 Å². The van der Waals surface area contributed by atoms with Gasteiger partial charge >= 0.3 is 0 Å². The molecule has 3 aromatic carbocycles. The molecule has 0 aliphatic rings. The van der Waals surface area contributed by atoms with Crippen LogP contribution in [0.25, 0.3) is 0 Å². The van der Waals surface area contributed by atoms with E-state index in [9.17, 15) is 9.59 Å². The highest BCUT2D eigenvalue weighted by Crippen LogP contribution is 2.28. The number of carbonyl (C=O) groups excluding carboxylic acids is 2. The number of amides is 2. The minimum absolute atomic E-state index is 0.170. The highest BCUT2D eigenvalue weighted by Gasteiger charge is 2.31. The molecule has 0 saturated carbocycles. The van der Waals surface area contributed by atoms with Gasteiger partial charge in [-0.05, 0) is 48.2 Å². The van der Waals surface area contributed by atoms with Crippen molar-refractivity contribution in [2.45, 2.75) is 45.7 Å². The van der Waals surface area contributed by atoms with Crippen LogP contribution in [0, 0.1) is 6.92 Å². The van der Waals surface area contributed by atoms with Gasteiger partial charge in [0.2, 0.25) is 5.91 Å². The highest BCUT2D eigenvalue weighted by atomic mass is 79.9. The molecule has 0 aromatic heterocycles. The maximum atomic E-state index is 13.6. The van der Waals surface area contributed by atoms with Crippen molar-refractivity contribution in [1.82, 2.24) is 10.2 Å². The van der Waals surface area contributed by atoms with Crippen LogP contribution >= 0.6 is 27.5 Å². The van der Waals surface area contributed by atoms with E-state index in [0.29, 0.717) is 30.3 Å². The summed E-state index contributed by atoms with van der Waals surface area (Å²) in [6.07, 6.45) is 2.24. The van der Waals surface area contributed by atoms with Crippen molar-refractivity contribution in [2.24, 2.45) is 0 Å². The van der Waals surface area contributed by atoms with Crippen LogP contribution in [0.3, 0.4) is 0 Å². The quantitative estimate of drug-likeness (QED) is 0.258. The Kier molecular flexibility index (Phi) is 10.8. The van der Waals surface area contributed by atoms with Crippen molar-refractivity contribution in [3.8, 4) is 5.75 Å². The molecule has 1 N–H and O–H groups in total. The molecule has 0 fully saturated rings. The number of carbonyl (C=O) groups is 2. The number of halogens is 2. The zero-order valence-corrected chi connectivity index (χ0v) is 23.0. The van der Waals surface area contributed by atoms with Gasteiger partial charge in [0, 0.05) is 24.0 Å². The minimum Gasteiger partial charge on any atom is -0.482 e. The van der Waals surface area contributed by atoms with Crippen LogP contribution in [0.1, 0.15) is 36.5 Å². The van der Waals surface area contributed by atoms with Gasteiger partial charge in [0.25, 0.3) is 5.91 Å². The Morgan fingerprint density at radius 2 is 1.78 bits per heavy atom. The topological polar surface area (TPSA) is 58.6 Å². The Morgan fingerprint density at radius 1 is 1.06 bits per heavy atom. The Balaban J connectivity index is 1.90. The second kappa shape index (κ2) is 14.0. The summed E-state index contributed by atoms with van der Waals surface area (Å²) in [5, 5.41) is 3.43. The van der Waals surface area contributed by atoms with Gasteiger partial charge in [-0.1, -0.05) is 95.5 Å². The molecule has 190 valence electrons. The third-order valence-corrected chi connectivity index (χ3v) is 6.74. The lowest BCUT2D eigenvalue weighted by Crippen LogP contribution is -2.52. The monoisotopic (exact) mass is 570 g/mol. The van der Waals surface area contributed by atoms with Crippen LogP contribution in [0.2, 0.25) is 5.02 Å². The zero-order valence-electron chi connectivity index (χ0n) is 20.7. The number of ether oxygens (including phenoxy) is 1. The second-order valence-corrected chi connectivity index (χ2v) is 9.98. The van der Waals surface area contributed by atoms with Gasteiger partial charge in [0.1, 0.15) is 11.8 Å². The molecule has 0 saturated heterocycles. The SMILES string of the molecule is CCCCNC(=O)C(Cc1ccccc1)N(Cc1ccccc1C)C(=O)COc1ccc(Br)cc1Cl. The van der Waals surface area contributed by atoms with E-state index >= 15 is 0 Å². The molecular formula is C29H32BrClN2O3. The predicted molar refractivity (Wildman–Crippen MR) is 148 cm³/mol. The van der Waals surface area contributed by atoms with Crippen molar-refractivity contribution >= 4 is 39.3 Å². The van der Waals surface area contributed by atoms with Gasteiger partial charge in [0.15, 0.2) is 6.61 Å². The molecule has 0 bridgehead atoms. The van der Waals surface area contributed by atoms with Gasteiger partial charge in [0.05, 0.1) is 5.02 Å². The van der Waals surface area contributed by atoms with Crippen LogP contribution in [0.15, 0.2) is 77.3 Å². The smallest absolute Gasteiger partial charge is 0.261 e. The molecule has 3 rings (SSSR count). The van der Waals surface area contributed by atoms with Crippen LogP contribution in [-0.4, -0.2) is 35.9 Å². The average Bonchev–Trinajstić information content (AvgIpc) is 2.87. The second-order valence-electron chi connectivity index (χ2n) is 8.66. The predicted octanol–water partition coefficient (Wildman–Crippen LogP) is 6.35. The maximum absolute atomic E-state index is 13.6. The van der Waals surface area contributed by atoms with Crippen LogP contribution in [0.5, 0.6) is 5.75 Å². The van der Waals surface area contributed by atoms with E-state index in [4.69, 9.17) is 16.3 Å². The average molecular weight is 572 g/mol. The number of aryl methyl sites for hydroxylation is 1. The van der Waals surface area contributed by atoms with E-state index in [2.05, 4.69) is 28.2 Å². The minimum atomic E-state index is -0.694. The summed E-state index contributed by atoms with van der Waals surface area (Å²) in [6.45, 7) is 4.70. The Labute approximate surface area is 226 Å². The number of nitrogens with one attached hydrogen (secondary N) is 1. The molecule has 0 aliphatic heterocycles. The van der Waals surface area contributed by atoms with Crippen LogP contribution in [-0.2, 0) is 22.6 Å². The summed E-state index contributed by atoms with van der Waals surface area (Å²) in [7, 11) is 0. The van der Waals surface area contributed by atoms with E-state index in [0.717, 1.165) is 34.0 Å². The lowest BCUT2D eigenvalue weighted by atomic mass is 10.0. The molecule has 5 nitrogen and oxygen atoms in total. The maximum Gasteiger partial charge on any atom is 0.261 e. The first-order valence-corrected chi connectivity index (χ1v) is 13.3. The van der Waals surface area contributed by atoms with E-state index in [-0.39, 0.29) is 18.4 Å². The Morgan fingerprint density at radius 3 is 2.47 bits per heavy atom. The summed E-state index contributed by atoms with van der Waals surface area (Å²) >= 11 is 9.67. The number of benzene rings is 3. The lowest BCUT2D eigenvalue weighted by molar-refractivity contribution is -0.142. The van der Waals surface area contributed by atoms with Gasteiger partial charge in [-0.25, -0.2) is 0 Å². The molecule has 1 atom stereocenters. The summed E-state index contributed by atoms with van der Waals surface area (Å²) in [4.78, 5) is 28.7. The van der Waals surface area contributed by atoms with Crippen molar-refractivity contribution in [3.05, 3.63) is 99.0 Å². The van der Waals surface area contributed by atoms with Gasteiger partial charge in [-0.15, -0.1) is 0 Å². The Bertz CT molecular complexity index is 1160. The third kappa shape index (κ3) is 8.10. The zero-order chi connectivity index (χ0) is 25.9. The molecule has 36 heavy (non-hydrogen) atoms. The number of nitrogens with zero attached hydrogens (tertiary/aromatic N) is 1. The summed E-state index contributed by atoms with van der Waals surface area (Å²) in [5.41, 5.74) is 3.01. The van der Waals surface area contributed by atoms with Gasteiger partial charge in [-0.2, -0.15) is 0 Å². The molecule has 7 heteroatoms. The summed E-state index contributed by atoms with van der Waals surface area (Å²) in [6, 6.07) is 22.2. The molecule has 0 spiro atoms. The summed E-state index contributed by atoms with van der Waals surface area (Å²) in [5.74, 6) is -0.0456. The molecule has 0 heterocycles. The lowest BCUT2D eigenvalue weighted by Gasteiger charge is -2.32. The molecular weight excluding hydrogens is 540 g/mol. The van der Waals surface area contributed by atoms with E-state index < -0.39 is 6.04 Å². The molecule has 1 unspecified atom stereocenters. The highest BCUT2D eigenvalue weighted by molar-refractivity contribution is 9.10. The van der Waals surface area contributed by atoms with Crippen molar-refractivity contribution in [1.29, 1.82) is 0 Å². The standard InChI is InChI=1S/C29H32BrClN2O3/c1-3-4-16-32-29(35)26(17-22-11-6-5-7-12-22)33(19-23-13-9-8-10-21(23)2)28(34)20-36-27-15-14-24(30)18-25(27)31/h5-15,18,26H,3-4,16-17,19-20H2,1-2H3,(H,32,35). The van der Waals surface area contributed by atoms with Crippen LogP contribution in [0.4, 0.5) is 0 Å². The number of rotatable bonds is 12. The Hall–Kier alpha value is -2.83. The van der Waals surface area contributed by atoms with Crippen molar-refractivity contribution < 1.29 is 14.3 Å². The first-order valence-electron chi connectivity index (χ1n) is 12.1. The fourth-order valence-corrected chi connectivity index (χ4v) is 4.57. The van der Waals surface area contributed by atoms with Gasteiger partial charge in [-0.3, -0.25) is 9.59 Å². The van der Waals surface area contributed by atoms with E-state index in [1.54, 1.807) is 23.1 Å². The van der Waals surface area contributed by atoms with E-state index in [1.165, 1.54) is 0 Å². The molecule has 3 aromatic rings. The van der Waals surface area contributed by atoms with Crippen LogP contribution < -0.4 is 10.1 Å². The fraction of sp³-hybridized carbons (Fsp3) is 0.310. The largest absolute Gasteiger partial charge is 0.482 e. The van der Waals surface area contributed by atoms with Gasteiger partial charge < -0.3 is 15.0 Å². The van der Waals surface area contributed by atoms with Crippen molar-refractivity contribution in [2.75, 3.05) is 13.2 Å². The normalized spacial score (nSPS) is 11.6. The molecule has 2 amide bonds. The first-order chi connectivity index (χ1) is 17.4. The number of hydrogen-bond donors (Lipinski definition) is 1. The molecule has 0 radical (unpaired) electrons. The fourth-order valence-electron chi connectivity index (χ4n) is 3.85. The first kappa shape index (κ1) is 27.8. The third-order valence-electron chi connectivity index (χ3n) is 5.95. The number of hydrogen-bond acceptors (Lipinski definition) is 3. The number of unbranched alkanes of at least 4 members (excludes halogenated alkanes) is 1. The van der Waals surface area contributed by atoms with E-state index in [1.807, 2.05) is 61.5 Å².